The quantitative estimate of drug-likeness (QED) is 0.386. The van der Waals surface area contributed by atoms with Crippen LogP contribution in [-0.2, 0) is 9.53 Å². The summed E-state index contributed by atoms with van der Waals surface area (Å²) in [5, 5.41) is 16.1. The fraction of sp³-hybridized carbons (Fsp3) is 0.480. The van der Waals surface area contributed by atoms with Crippen molar-refractivity contribution in [1.82, 2.24) is 19.5 Å². The third kappa shape index (κ3) is 5.08. The Bertz CT molecular complexity index is 1390. The number of amides is 1. The van der Waals surface area contributed by atoms with E-state index in [0.29, 0.717) is 67.1 Å². The van der Waals surface area contributed by atoms with Crippen molar-refractivity contribution in [2.45, 2.75) is 57.3 Å². The largest absolute Gasteiger partial charge is 0.378 e. The number of rotatable bonds is 6. The molecule has 1 saturated heterocycles. The summed E-state index contributed by atoms with van der Waals surface area (Å²) in [5.41, 5.74) is 6.88. The van der Waals surface area contributed by atoms with Crippen molar-refractivity contribution in [2.75, 3.05) is 23.8 Å². The van der Waals surface area contributed by atoms with E-state index in [1.165, 1.54) is 12.1 Å². The van der Waals surface area contributed by atoms with Crippen LogP contribution in [0.1, 0.15) is 50.6 Å². The highest BCUT2D eigenvalue weighted by Gasteiger charge is 2.38. The third-order valence-corrected chi connectivity index (χ3v) is 8.06. The molecule has 1 aromatic carbocycles. The molecule has 0 bridgehead atoms. The number of benzene rings is 1. The number of alkyl halides is 1. The number of carbonyl (C=O) groups excluding carboxylic acids is 1. The zero-order chi connectivity index (χ0) is 27.0. The van der Waals surface area contributed by atoms with Crippen LogP contribution in [0.2, 0.25) is 10.0 Å². The molecule has 3 heterocycles. The van der Waals surface area contributed by atoms with Gasteiger partial charge in [0.15, 0.2) is 5.65 Å². The number of nitriles is 1. The van der Waals surface area contributed by atoms with Crippen LogP contribution in [0.3, 0.4) is 0 Å². The van der Waals surface area contributed by atoms with E-state index in [1.807, 2.05) is 17.6 Å². The highest BCUT2D eigenvalue weighted by molar-refractivity contribution is 6.39. The summed E-state index contributed by atoms with van der Waals surface area (Å²) in [6.45, 7) is 2.37. The van der Waals surface area contributed by atoms with E-state index in [4.69, 9.17) is 43.6 Å². The predicted octanol–water partition coefficient (Wildman–Crippen LogP) is 4.89. The van der Waals surface area contributed by atoms with Crippen molar-refractivity contribution in [2.24, 2.45) is 11.1 Å². The fourth-order valence-corrected chi connectivity index (χ4v) is 5.62. The molecule has 13 heteroatoms. The van der Waals surface area contributed by atoms with Gasteiger partial charge in [-0.3, -0.25) is 9.36 Å². The van der Waals surface area contributed by atoms with Crippen LogP contribution in [0.25, 0.3) is 11.2 Å². The average molecular weight is 561 g/mol. The van der Waals surface area contributed by atoms with Crippen LogP contribution in [0, 0.1) is 16.7 Å². The molecular formula is C25H27Cl2FN8O2. The highest BCUT2D eigenvalue weighted by atomic mass is 35.5. The number of ether oxygens (including phenoxy) is 1. The fourth-order valence-electron chi connectivity index (χ4n) is 5.04. The SMILES string of the molecule is C[C@]1(C(N)=O)CC[C@@H](n2c(Nc3c(Cl)cc(C#N)cc3Cl)nc3cnc(N[C@@H]4CCOC[C@H]4F)nc32)CC1. The Kier molecular flexibility index (Phi) is 7.31. The molecule has 3 aromatic rings. The molecule has 0 spiro atoms. The summed E-state index contributed by atoms with van der Waals surface area (Å²) in [4.78, 5) is 25.8. The Morgan fingerprint density at radius 3 is 2.61 bits per heavy atom. The van der Waals surface area contributed by atoms with Gasteiger partial charge in [0.05, 0.1) is 46.2 Å². The van der Waals surface area contributed by atoms with E-state index < -0.39 is 17.6 Å². The van der Waals surface area contributed by atoms with Crippen LogP contribution >= 0.6 is 23.2 Å². The summed E-state index contributed by atoms with van der Waals surface area (Å²) in [6, 6.07) is 4.54. The van der Waals surface area contributed by atoms with E-state index in [9.17, 15) is 14.4 Å². The number of hydrogen-bond donors (Lipinski definition) is 3. The van der Waals surface area contributed by atoms with E-state index in [2.05, 4.69) is 15.6 Å². The van der Waals surface area contributed by atoms with Crippen LogP contribution in [0.15, 0.2) is 18.3 Å². The average Bonchev–Trinajstić information content (AvgIpc) is 3.25. The molecule has 1 aliphatic carbocycles. The first-order valence-electron chi connectivity index (χ1n) is 12.4. The van der Waals surface area contributed by atoms with Gasteiger partial charge in [-0.15, -0.1) is 0 Å². The van der Waals surface area contributed by atoms with Gasteiger partial charge in [-0.1, -0.05) is 30.1 Å². The summed E-state index contributed by atoms with van der Waals surface area (Å²) < 4.78 is 21.5. The number of halogens is 3. The molecule has 2 atom stereocenters. The van der Waals surface area contributed by atoms with E-state index >= 15 is 0 Å². The number of primary amides is 1. The first-order valence-corrected chi connectivity index (χ1v) is 13.1. The third-order valence-electron chi connectivity index (χ3n) is 7.46. The second kappa shape index (κ2) is 10.5. The Morgan fingerprint density at radius 2 is 1.97 bits per heavy atom. The van der Waals surface area contributed by atoms with Gasteiger partial charge in [0.1, 0.15) is 11.7 Å². The Balaban J connectivity index is 1.54. The maximum absolute atomic E-state index is 14.4. The number of aromatic nitrogens is 4. The number of nitrogens with two attached hydrogens (primary N) is 1. The number of nitrogens with one attached hydrogen (secondary N) is 2. The first-order chi connectivity index (χ1) is 18.2. The second-order valence-electron chi connectivity index (χ2n) is 10.0. The molecule has 2 aliphatic rings. The zero-order valence-corrected chi connectivity index (χ0v) is 22.2. The number of imidazole rings is 1. The minimum atomic E-state index is -1.17. The van der Waals surface area contributed by atoms with Crippen molar-refractivity contribution >= 4 is 57.9 Å². The van der Waals surface area contributed by atoms with Crippen molar-refractivity contribution in [3.05, 3.63) is 33.9 Å². The maximum Gasteiger partial charge on any atom is 0.225 e. The minimum absolute atomic E-state index is 0.0265. The van der Waals surface area contributed by atoms with E-state index in [1.54, 1.807) is 6.20 Å². The first kappa shape index (κ1) is 26.4. The molecule has 1 amide bonds. The molecule has 2 fully saturated rings. The van der Waals surface area contributed by atoms with Crippen LogP contribution < -0.4 is 16.4 Å². The second-order valence-corrected chi connectivity index (χ2v) is 10.9. The lowest BCUT2D eigenvalue weighted by Gasteiger charge is -2.35. The number of fused-ring (bicyclic) bond motifs is 1. The van der Waals surface area contributed by atoms with Crippen LogP contribution in [0.5, 0.6) is 0 Å². The Labute approximate surface area is 228 Å². The maximum atomic E-state index is 14.4. The molecular weight excluding hydrogens is 534 g/mol. The molecule has 38 heavy (non-hydrogen) atoms. The monoisotopic (exact) mass is 560 g/mol. The Hall–Kier alpha value is -3.20. The standard InChI is InChI=1S/C25H27Cl2FN8O2/c1-25(22(30)37)5-2-14(3-6-25)36-21-19(11-31-23(35-21)32-18-4-7-38-12-17(18)28)33-24(36)34-20-15(26)8-13(10-29)9-16(20)27/h8-9,11,14,17-18H,2-7,12H2,1H3,(H2,30,37)(H,33,34)(H,31,32,35)/t14-,17-,18-,25+/m1/s1. The molecule has 4 N–H and O–H groups in total. The predicted molar refractivity (Wildman–Crippen MR) is 142 cm³/mol. The van der Waals surface area contributed by atoms with Crippen LogP contribution in [0.4, 0.5) is 22.0 Å². The van der Waals surface area contributed by atoms with Crippen LogP contribution in [-0.4, -0.2) is 50.9 Å². The van der Waals surface area contributed by atoms with Gasteiger partial charge < -0.3 is 21.1 Å². The summed E-state index contributed by atoms with van der Waals surface area (Å²) >= 11 is 12.9. The molecule has 1 aliphatic heterocycles. The smallest absolute Gasteiger partial charge is 0.225 e. The lowest BCUT2D eigenvalue weighted by Crippen LogP contribution is -2.39. The summed E-state index contributed by atoms with van der Waals surface area (Å²) in [5.74, 6) is 0.404. The van der Waals surface area contributed by atoms with Gasteiger partial charge in [-0.25, -0.2) is 14.4 Å². The lowest BCUT2D eigenvalue weighted by atomic mass is 9.73. The number of nitrogens with zero attached hydrogens (tertiary/aromatic N) is 5. The van der Waals surface area contributed by atoms with Gasteiger partial charge >= 0.3 is 0 Å². The van der Waals surface area contributed by atoms with Crippen molar-refractivity contribution < 1.29 is 13.9 Å². The van der Waals surface area contributed by atoms with Gasteiger partial charge in [0.25, 0.3) is 0 Å². The van der Waals surface area contributed by atoms with Gasteiger partial charge in [-0.05, 0) is 44.2 Å². The number of carbonyl (C=O) groups is 1. The number of anilines is 3. The zero-order valence-electron chi connectivity index (χ0n) is 20.7. The van der Waals surface area contributed by atoms with Gasteiger partial charge in [0, 0.05) is 18.1 Å². The van der Waals surface area contributed by atoms with Gasteiger partial charge in [-0.2, -0.15) is 10.2 Å². The molecule has 10 nitrogen and oxygen atoms in total. The molecule has 0 unspecified atom stereocenters. The molecule has 1 saturated carbocycles. The number of hydrogen-bond acceptors (Lipinski definition) is 8. The van der Waals surface area contributed by atoms with E-state index in [0.717, 1.165) is 0 Å². The molecule has 2 aromatic heterocycles. The molecule has 0 radical (unpaired) electrons. The Morgan fingerprint density at radius 1 is 1.26 bits per heavy atom. The molecule has 200 valence electrons. The minimum Gasteiger partial charge on any atom is -0.378 e. The molecule has 5 rings (SSSR count). The topological polar surface area (TPSA) is 144 Å². The van der Waals surface area contributed by atoms with E-state index in [-0.39, 0.29) is 34.5 Å². The van der Waals surface area contributed by atoms with Crippen molar-refractivity contribution in [1.29, 1.82) is 5.26 Å². The normalized spacial score (nSPS) is 25.6. The van der Waals surface area contributed by atoms with Crippen molar-refractivity contribution in [3.8, 4) is 6.07 Å². The summed E-state index contributed by atoms with van der Waals surface area (Å²) in [6.07, 6.45) is 3.44. The van der Waals surface area contributed by atoms with Crippen molar-refractivity contribution in [3.63, 3.8) is 0 Å². The highest BCUT2D eigenvalue weighted by Crippen LogP contribution is 2.43. The lowest BCUT2D eigenvalue weighted by molar-refractivity contribution is -0.128. The summed E-state index contributed by atoms with van der Waals surface area (Å²) in [7, 11) is 0. The van der Waals surface area contributed by atoms with Gasteiger partial charge in [0.2, 0.25) is 17.8 Å².